The summed E-state index contributed by atoms with van der Waals surface area (Å²) < 4.78 is 11.6. The summed E-state index contributed by atoms with van der Waals surface area (Å²) in [6.07, 6.45) is 5.40. The predicted molar refractivity (Wildman–Crippen MR) is 144 cm³/mol. The first-order valence-electron chi connectivity index (χ1n) is 11.7. The molecule has 0 spiro atoms. The van der Waals surface area contributed by atoms with Crippen molar-refractivity contribution < 1.29 is 9.15 Å². The summed E-state index contributed by atoms with van der Waals surface area (Å²) >= 11 is 1.71. The summed E-state index contributed by atoms with van der Waals surface area (Å²) in [4.78, 5) is 2.24. The number of aromatic nitrogens is 2. The molecular weight excluding hydrogens is 454 g/mol. The molecule has 1 atom stereocenters. The highest BCUT2D eigenvalue weighted by Gasteiger charge is 2.10. The smallest absolute Gasteiger partial charge is 0.247 e. The van der Waals surface area contributed by atoms with Gasteiger partial charge in [-0.1, -0.05) is 72.8 Å². The number of ether oxygens (including phenoxy) is 1. The van der Waals surface area contributed by atoms with Gasteiger partial charge >= 0.3 is 0 Å². The van der Waals surface area contributed by atoms with Crippen LogP contribution < -0.4 is 4.74 Å². The van der Waals surface area contributed by atoms with Crippen molar-refractivity contribution in [1.29, 1.82) is 0 Å². The van der Waals surface area contributed by atoms with Gasteiger partial charge in [-0.2, -0.15) is 0 Å². The Kier molecular flexibility index (Phi) is 9.15. The van der Waals surface area contributed by atoms with Crippen LogP contribution in [-0.2, 0) is 12.2 Å². The Bertz CT molecular complexity index is 1180. The van der Waals surface area contributed by atoms with E-state index in [1.165, 1.54) is 5.56 Å². The van der Waals surface area contributed by atoms with E-state index in [0.29, 0.717) is 30.2 Å². The molecule has 1 aromatic heterocycles. The van der Waals surface area contributed by atoms with Gasteiger partial charge in [0.15, 0.2) is 0 Å². The van der Waals surface area contributed by atoms with Crippen molar-refractivity contribution in [3.8, 4) is 17.2 Å². The van der Waals surface area contributed by atoms with Gasteiger partial charge in [-0.3, -0.25) is 0 Å². The fourth-order valence-corrected chi connectivity index (χ4v) is 4.20. The van der Waals surface area contributed by atoms with Crippen LogP contribution in [0.1, 0.15) is 17.0 Å². The Morgan fingerprint density at radius 2 is 1.63 bits per heavy atom. The van der Waals surface area contributed by atoms with E-state index in [9.17, 15) is 0 Å². The number of likely N-dealkylation sites (N-methyl/N-ethyl adjacent to an activating group) is 1. The molecule has 0 unspecified atom stereocenters. The van der Waals surface area contributed by atoms with Gasteiger partial charge in [0.1, 0.15) is 5.75 Å². The molecule has 3 aromatic carbocycles. The zero-order chi connectivity index (χ0) is 24.3. The zero-order valence-electron chi connectivity index (χ0n) is 20.2. The van der Waals surface area contributed by atoms with Crippen LogP contribution in [-0.4, -0.2) is 47.6 Å². The third-order valence-corrected chi connectivity index (χ3v) is 6.46. The van der Waals surface area contributed by atoms with Crippen LogP contribution in [0.3, 0.4) is 0 Å². The maximum absolute atomic E-state index is 5.86. The summed E-state index contributed by atoms with van der Waals surface area (Å²) in [5.74, 6) is 3.58. The highest BCUT2D eigenvalue weighted by molar-refractivity contribution is 7.98. The van der Waals surface area contributed by atoms with E-state index in [2.05, 4.69) is 83.8 Å². The number of thioether (sulfide) groups is 1. The summed E-state index contributed by atoms with van der Waals surface area (Å²) in [7, 11) is 4.23. The van der Waals surface area contributed by atoms with Crippen LogP contribution in [0.15, 0.2) is 95.4 Å². The van der Waals surface area contributed by atoms with Gasteiger partial charge in [-0.25, -0.2) is 0 Å². The van der Waals surface area contributed by atoms with E-state index < -0.39 is 0 Å². The van der Waals surface area contributed by atoms with Crippen LogP contribution in [0.4, 0.5) is 0 Å². The third-order valence-electron chi connectivity index (χ3n) is 5.55. The van der Waals surface area contributed by atoms with Crippen molar-refractivity contribution in [2.45, 2.75) is 18.2 Å². The van der Waals surface area contributed by atoms with E-state index in [0.717, 1.165) is 29.1 Å². The third kappa shape index (κ3) is 7.84. The number of nitrogens with zero attached hydrogens (tertiary/aromatic N) is 3. The second-order valence-electron chi connectivity index (χ2n) is 8.42. The molecule has 4 rings (SSSR count). The highest BCUT2D eigenvalue weighted by atomic mass is 32.2. The molecule has 0 aliphatic rings. The molecule has 0 aliphatic carbocycles. The number of rotatable bonds is 12. The molecule has 4 aromatic rings. The lowest BCUT2D eigenvalue weighted by atomic mass is 10.0. The minimum Gasteiger partial charge on any atom is -0.493 e. The lowest BCUT2D eigenvalue weighted by molar-refractivity contribution is 0.342. The molecule has 6 heteroatoms. The molecule has 0 radical (unpaired) electrons. The second-order valence-corrected chi connectivity index (χ2v) is 9.52. The Hall–Kier alpha value is -3.35. The highest BCUT2D eigenvalue weighted by Crippen LogP contribution is 2.21. The van der Waals surface area contributed by atoms with Gasteiger partial charge in [0.05, 0.1) is 12.4 Å². The van der Waals surface area contributed by atoms with Gasteiger partial charge in [0.25, 0.3) is 0 Å². The number of benzene rings is 3. The van der Waals surface area contributed by atoms with Gasteiger partial charge in [0.2, 0.25) is 11.8 Å². The minimum absolute atomic E-state index is 0.325. The predicted octanol–water partition coefficient (Wildman–Crippen LogP) is 6.23. The van der Waals surface area contributed by atoms with Crippen LogP contribution in [0, 0.1) is 0 Å². The van der Waals surface area contributed by atoms with Crippen molar-refractivity contribution in [2.24, 2.45) is 0 Å². The summed E-state index contributed by atoms with van der Waals surface area (Å²) in [5, 5.41) is 8.41. The van der Waals surface area contributed by atoms with Crippen molar-refractivity contribution in [3.63, 3.8) is 0 Å². The Labute approximate surface area is 211 Å². The molecule has 0 fully saturated rings. The van der Waals surface area contributed by atoms with E-state index in [1.54, 1.807) is 11.8 Å². The zero-order valence-corrected chi connectivity index (χ0v) is 21.0. The molecule has 5 nitrogen and oxygen atoms in total. The van der Waals surface area contributed by atoms with Gasteiger partial charge in [0, 0.05) is 17.4 Å². The van der Waals surface area contributed by atoms with Gasteiger partial charge in [-0.05, 0) is 55.9 Å². The molecular formula is C29H31N3O2S. The molecule has 0 aliphatic heterocycles. The number of hydrogen-bond acceptors (Lipinski definition) is 6. The first-order valence-corrected chi connectivity index (χ1v) is 12.9. The topological polar surface area (TPSA) is 51.4 Å². The van der Waals surface area contributed by atoms with E-state index >= 15 is 0 Å². The quantitative estimate of drug-likeness (QED) is 0.222. The van der Waals surface area contributed by atoms with Gasteiger partial charge in [-0.15, -0.1) is 22.0 Å². The van der Waals surface area contributed by atoms with E-state index in [-0.39, 0.29) is 0 Å². The molecule has 0 saturated carbocycles. The summed E-state index contributed by atoms with van der Waals surface area (Å²) in [6, 6.07) is 29.0. The van der Waals surface area contributed by atoms with E-state index in [1.807, 2.05) is 42.5 Å². The summed E-state index contributed by atoms with van der Waals surface area (Å²) in [5.41, 5.74) is 3.40. The van der Waals surface area contributed by atoms with Crippen molar-refractivity contribution in [1.82, 2.24) is 15.1 Å². The largest absolute Gasteiger partial charge is 0.493 e. The Balaban J connectivity index is 1.26. The van der Waals surface area contributed by atoms with Crippen LogP contribution in [0.2, 0.25) is 0 Å². The average molecular weight is 486 g/mol. The second kappa shape index (κ2) is 12.9. The molecule has 180 valence electrons. The fourth-order valence-electron chi connectivity index (χ4n) is 3.56. The summed E-state index contributed by atoms with van der Waals surface area (Å²) in [6.45, 7) is 0.644. The van der Waals surface area contributed by atoms with Crippen molar-refractivity contribution in [3.05, 3.63) is 108 Å². The fraction of sp³-hybridized carbons (Fsp3) is 0.241. The Morgan fingerprint density at radius 3 is 2.34 bits per heavy atom. The van der Waals surface area contributed by atoms with Crippen LogP contribution in [0.25, 0.3) is 17.5 Å². The first kappa shape index (κ1) is 24.8. The normalized spacial score (nSPS) is 12.3. The molecule has 0 N–H and O–H groups in total. The average Bonchev–Trinajstić information content (AvgIpc) is 3.37. The van der Waals surface area contributed by atoms with E-state index in [4.69, 9.17) is 9.15 Å². The minimum atomic E-state index is 0.325. The van der Waals surface area contributed by atoms with Crippen molar-refractivity contribution in [2.75, 3.05) is 26.5 Å². The molecule has 1 heterocycles. The number of para-hydroxylation sites is 1. The number of hydrogen-bond donors (Lipinski definition) is 0. The molecule has 0 bridgehead atoms. The SMILES string of the molecule is CN(C)[C@@H](C=Cc1ccc(-c2nnc(CSCCOc3ccccc3)o2)cc1)Cc1ccccc1. The molecule has 35 heavy (non-hydrogen) atoms. The van der Waals surface area contributed by atoms with Crippen molar-refractivity contribution >= 4 is 17.8 Å². The van der Waals surface area contributed by atoms with Crippen LogP contribution >= 0.6 is 11.8 Å². The monoisotopic (exact) mass is 485 g/mol. The first-order chi connectivity index (χ1) is 17.2. The lowest BCUT2D eigenvalue weighted by Crippen LogP contribution is -2.27. The molecule has 0 saturated heterocycles. The van der Waals surface area contributed by atoms with Crippen LogP contribution in [0.5, 0.6) is 5.75 Å². The molecule has 0 amide bonds. The Morgan fingerprint density at radius 1 is 0.914 bits per heavy atom. The standard InChI is InChI=1S/C29H31N3O2S/c1-32(2)26(21-24-9-5-3-6-10-24)18-15-23-13-16-25(17-14-23)29-31-30-28(34-29)22-35-20-19-33-27-11-7-4-8-12-27/h3-18,26H,19-22H2,1-2H3/t26-/m0/s1. The van der Waals surface area contributed by atoms with Gasteiger partial charge < -0.3 is 14.1 Å². The maximum Gasteiger partial charge on any atom is 0.247 e. The lowest BCUT2D eigenvalue weighted by Gasteiger charge is -2.21. The maximum atomic E-state index is 5.86.